The van der Waals surface area contributed by atoms with Crippen LogP contribution in [0.1, 0.15) is 23.9 Å². The molecular formula is C16H20N2O2S. The molecule has 1 aromatic heterocycles. The second-order valence-corrected chi connectivity index (χ2v) is 5.79. The molecule has 0 aliphatic rings. The summed E-state index contributed by atoms with van der Waals surface area (Å²) < 4.78 is 6.84. The minimum Gasteiger partial charge on any atom is -0.465 e. The van der Waals surface area contributed by atoms with Gasteiger partial charge in [-0.2, -0.15) is 5.10 Å². The topological polar surface area (TPSA) is 44.1 Å². The SMILES string of the molecule is CCOC(=O)CSCc1ccc(-n2nc(C)cc2C)cc1. The fraction of sp³-hybridized carbons (Fsp3) is 0.375. The van der Waals surface area contributed by atoms with E-state index >= 15 is 0 Å². The van der Waals surface area contributed by atoms with Crippen LogP contribution in [0.5, 0.6) is 0 Å². The second-order valence-electron chi connectivity index (χ2n) is 4.80. The summed E-state index contributed by atoms with van der Waals surface area (Å²) in [5.41, 5.74) is 4.38. The van der Waals surface area contributed by atoms with Gasteiger partial charge in [0.1, 0.15) is 0 Å². The molecule has 0 aliphatic heterocycles. The van der Waals surface area contributed by atoms with E-state index in [1.54, 1.807) is 11.8 Å². The van der Waals surface area contributed by atoms with Crippen LogP contribution in [0.3, 0.4) is 0 Å². The van der Waals surface area contributed by atoms with Crippen molar-refractivity contribution >= 4 is 17.7 Å². The summed E-state index contributed by atoms with van der Waals surface area (Å²) >= 11 is 1.57. The number of benzene rings is 1. The number of ether oxygens (including phenoxy) is 1. The third kappa shape index (κ3) is 4.36. The average Bonchev–Trinajstić information content (AvgIpc) is 2.79. The molecule has 2 aromatic rings. The van der Waals surface area contributed by atoms with Gasteiger partial charge in [0.05, 0.1) is 23.7 Å². The first-order valence-corrected chi connectivity index (χ1v) is 8.11. The molecule has 0 saturated carbocycles. The molecule has 21 heavy (non-hydrogen) atoms. The highest BCUT2D eigenvalue weighted by molar-refractivity contribution is 7.99. The van der Waals surface area contributed by atoms with E-state index in [0.717, 1.165) is 22.8 Å². The Morgan fingerprint density at radius 2 is 2.00 bits per heavy atom. The van der Waals surface area contributed by atoms with Crippen LogP contribution in [-0.4, -0.2) is 28.1 Å². The molecule has 0 N–H and O–H groups in total. The van der Waals surface area contributed by atoms with Crippen LogP contribution < -0.4 is 0 Å². The standard InChI is InChI=1S/C16H20N2O2S/c1-4-20-16(19)11-21-10-14-5-7-15(8-6-14)18-13(3)9-12(2)17-18/h5-9H,4,10-11H2,1-3H3. The van der Waals surface area contributed by atoms with Gasteiger partial charge in [-0.1, -0.05) is 12.1 Å². The lowest BCUT2D eigenvalue weighted by atomic mass is 10.2. The molecule has 1 aromatic carbocycles. The van der Waals surface area contributed by atoms with E-state index in [0.29, 0.717) is 12.4 Å². The smallest absolute Gasteiger partial charge is 0.315 e. The molecule has 0 saturated heterocycles. The number of thioether (sulfide) groups is 1. The van der Waals surface area contributed by atoms with Gasteiger partial charge in [-0.25, -0.2) is 4.68 Å². The minimum absolute atomic E-state index is 0.151. The van der Waals surface area contributed by atoms with Gasteiger partial charge in [0.25, 0.3) is 0 Å². The molecule has 0 amide bonds. The Morgan fingerprint density at radius 3 is 2.57 bits per heavy atom. The Bertz CT molecular complexity index is 605. The van der Waals surface area contributed by atoms with Crippen LogP contribution in [-0.2, 0) is 15.3 Å². The zero-order valence-corrected chi connectivity index (χ0v) is 13.4. The number of esters is 1. The number of hydrogen-bond donors (Lipinski definition) is 0. The fourth-order valence-electron chi connectivity index (χ4n) is 2.08. The number of carbonyl (C=O) groups is 1. The molecule has 0 unspecified atom stereocenters. The first kappa shape index (κ1) is 15.6. The number of carbonyl (C=O) groups excluding carboxylic acids is 1. The Balaban J connectivity index is 1.93. The largest absolute Gasteiger partial charge is 0.465 e. The molecule has 0 bridgehead atoms. The maximum atomic E-state index is 11.3. The van der Waals surface area contributed by atoms with E-state index in [-0.39, 0.29) is 5.97 Å². The number of rotatable bonds is 6. The third-order valence-electron chi connectivity index (χ3n) is 2.98. The molecule has 112 valence electrons. The monoisotopic (exact) mass is 304 g/mol. The van der Waals surface area contributed by atoms with E-state index in [4.69, 9.17) is 4.74 Å². The van der Waals surface area contributed by atoms with Crippen molar-refractivity contribution in [3.05, 3.63) is 47.3 Å². The van der Waals surface area contributed by atoms with Gasteiger partial charge >= 0.3 is 5.97 Å². The van der Waals surface area contributed by atoms with E-state index in [9.17, 15) is 4.79 Å². The highest BCUT2D eigenvalue weighted by Gasteiger charge is 2.05. The first-order valence-electron chi connectivity index (χ1n) is 6.96. The summed E-state index contributed by atoms with van der Waals surface area (Å²) in [4.78, 5) is 11.3. The van der Waals surface area contributed by atoms with Crippen molar-refractivity contribution in [2.75, 3.05) is 12.4 Å². The molecule has 0 atom stereocenters. The summed E-state index contributed by atoms with van der Waals surface area (Å²) in [5.74, 6) is 1.05. The third-order valence-corrected chi connectivity index (χ3v) is 3.96. The van der Waals surface area contributed by atoms with Crippen molar-refractivity contribution in [1.29, 1.82) is 0 Å². The Morgan fingerprint density at radius 1 is 1.29 bits per heavy atom. The quantitative estimate of drug-likeness (QED) is 0.768. The lowest BCUT2D eigenvalue weighted by Crippen LogP contribution is -2.06. The summed E-state index contributed by atoms with van der Waals surface area (Å²) in [6.07, 6.45) is 0. The molecule has 0 radical (unpaired) electrons. The van der Waals surface area contributed by atoms with Gasteiger partial charge in [-0.15, -0.1) is 11.8 Å². The predicted octanol–water partition coefficient (Wildman–Crippen LogP) is 3.29. The van der Waals surface area contributed by atoms with E-state index < -0.39 is 0 Å². The number of hydrogen-bond acceptors (Lipinski definition) is 4. The van der Waals surface area contributed by atoms with E-state index in [1.807, 2.05) is 25.5 Å². The lowest BCUT2D eigenvalue weighted by Gasteiger charge is -2.06. The fourth-order valence-corrected chi connectivity index (χ4v) is 2.86. The first-order chi connectivity index (χ1) is 10.1. The van der Waals surface area contributed by atoms with Gasteiger partial charge in [0, 0.05) is 11.4 Å². The second kappa shape index (κ2) is 7.31. The van der Waals surface area contributed by atoms with Gasteiger partial charge < -0.3 is 4.74 Å². The average molecular weight is 304 g/mol. The zero-order chi connectivity index (χ0) is 15.2. The number of aryl methyl sites for hydroxylation is 2. The van der Waals surface area contributed by atoms with Gasteiger partial charge in [0.2, 0.25) is 0 Å². The van der Waals surface area contributed by atoms with Crippen LogP contribution in [0.25, 0.3) is 5.69 Å². The minimum atomic E-state index is -0.151. The van der Waals surface area contributed by atoms with Crippen molar-refractivity contribution in [2.45, 2.75) is 26.5 Å². The van der Waals surface area contributed by atoms with Crippen LogP contribution in [0.4, 0.5) is 0 Å². The summed E-state index contributed by atoms with van der Waals surface area (Å²) in [7, 11) is 0. The van der Waals surface area contributed by atoms with Gasteiger partial charge in [-0.05, 0) is 44.5 Å². The summed E-state index contributed by atoms with van der Waals surface area (Å²) in [5, 5.41) is 4.47. The van der Waals surface area contributed by atoms with Crippen LogP contribution in [0.2, 0.25) is 0 Å². The Hall–Kier alpha value is -1.75. The van der Waals surface area contributed by atoms with Crippen LogP contribution in [0, 0.1) is 13.8 Å². The maximum absolute atomic E-state index is 11.3. The molecular weight excluding hydrogens is 284 g/mol. The number of aromatic nitrogens is 2. The molecule has 5 heteroatoms. The molecule has 4 nitrogen and oxygen atoms in total. The van der Waals surface area contributed by atoms with E-state index in [1.165, 1.54) is 5.56 Å². The molecule has 0 aliphatic carbocycles. The maximum Gasteiger partial charge on any atom is 0.315 e. The van der Waals surface area contributed by atoms with Gasteiger partial charge in [-0.3, -0.25) is 4.79 Å². The van der Waals surface area contributed by atoms with E-state index in [2.05, 4.69) is 35.4 Å². The van der Waals surface area contributed by atoms with Gasteiger partial charge in [0.15, 0.2) is 0 Å². The predicted molar refractivity (Wildman–Crippen MR) is 85.8 cm³/mol. The van der Waals surface area contributed by atoms with Crippen LogP contribution >= 0.6 is 11.8 Å². The zero-order valence-electron chi connectivity index (χ0n) is 12.6. The van der Waals surface area contributed by atoms with Crippen molar-refractivity contribution < 1.29 is 9.53 Å². The van der Waals surface area contributed by atoms with Crippen molar-refractivity contribution in [1.82, 2.24) is 9.78 Å². The Labute approximate surface area is 129 Å². The molecule has 0 fully saturated rings. The summed E-state index contributed by atoms with van der Waals surface area (Å²) in [6, 6.07) is 10.3. The van der Waals surface area contributed by atoms with Crippen molar-refractivity contribution in [3.63, 3.8) is 0 Å². The lowest BCUT2D eigenvalue weighted by molar-refractivity contribution is -0.139. The van der Waals surface area contributed by atoms with Crippen molar-refractivity contribution in [3.8, 4) is 5.69 Å². The molecule has 2 rings (SSSR count). The molecule has 0 spiro atoms. The highest BCUT2D eigenvalue weighted by Crippen LogP contribution is 2.16. The number of nitrogens with zero attached hydrogens (tertiary/aromatic N) is 2. The Kier molecular flexibility index (Phi) is 5.44. The molecule has 1 heterocycles. The van der Waals surface area contributed by atoms with Crippen molar-refractivity contribution in [2.24, 2.45) is 0 Å². The van der Waals surface area contributed by atoms with Crippen LogP contribution in [0.15, 0.2) is 30.3 Å². The normalized spacial score (nSPS) is 10.6. The highest BCUT2D eigenvalue weighted by atomic mass is 32.2. The summed E-state index contributed by atoms with van der Waals surface area (Å²) in [6.45, 7) is 6.30.